The Labute approximate surface area is 109 Å². The minimum absolute atomic E-state index is 0.189. The lowest BCUT2D eigenvalue weighted by atomic mass is 9.94. The van der Waals surface area contributed by atoms with Crippen molar-refractivity contribution in [2.45, 2.75) is 33.1 Å². The molecule has 1 aliphatic heterocycles. The fourth-order valence-electron chi connectivity index (χ4n) is 2.54. The maximum atomic E-state index is 12.5. The van der Waals surface area contributed by atoms with Gasteiger partial charge in [-0.15, -0.1) is 0 Å². The van der Waals surface area contributed by atoms with Crippen LogP contribution < -0.4 is 10.6 Å². The Morgan fingerprint density at radius 2 is 2.06 bits per heavy atom. The third kappa shape index (κ3) is 2.27. The van der Waals surface area contributed by atoms with Crippen molar-refractivity contribution < 1.29 is 4.79 Å². The molecule has 0 fully saturated rings. The highest BCUT2D eigenvalue weighted by atomic mass is 16.2. The van der Waals surface area contributed by atoms with Crippen LogP contribution >= 0.6 is 0 Å². The van der Waals surface area contributed by atoms with Gasteiger partial charge in [0, 0.05) is 23.6 Å². The van der Waals surface area contributed by atoms with Gasteiger partial charge in [0.15, 0.2) is 0 Å². The van der Waals surface area contributed by atoms with Gasteiger partial charge in [-0.25, -0.2) is 0 Å². The highest BCUT2D eigenvalue weighted by Gasteiger charge is 2.36. The molecule has 3 heteroatoms. The Bertz CT molecular complexity index is 448. The molecule has 2 N–H and O–H groups in total. The molecule has 1 aromatic carbocycles. The summed E-state index contributed by atoms with van der Waals surface area (Å²) in [5.41, 5.74) is 7.66. The molecule has 2 rings (SSSR count). The topological polar surface area (TPSA) is 46.3 Å². The van der Waals surface area contributed by atoms with Crippen molar-refractivity contribution in [1.82, 2.24) is 0 Å². The van der Waals surface area contributed by atoms with Crippen molar-refractivity contribution in [1.29, 1.82) is 0 Å². The van der Waals surface area contributed by atoms with Crippen LogP contribution in [0.3, 0.4) is 0 Å². The van der Waals surface area contributed by atoms with E-state index in [1.807, 2.05) is 43.9 Å². The summed E-state index contributed by atoms with van der Waals surface area (Å²) in [7, 11) is 0. The number of nitrogens with two attached hydrogens (primary N) is 1. The van der Waals surface area contributed by atoms with Crippen LogP contribution in [0.1, 0.15) is 38.7 Å². The molecular formula is C15H22N2O. The van der Waals surface area contributed by atoms with Crippen molar-refractivity contribution in [3.63, 3.8) is 0 Å². The lowest BCUT2D eigenvalue weighted by Crippen LogP contribution is -2.39. The Kier molecular flexibility index (Phi) is 3.44. The summed E-state index contributed by atoms with van der Waals surface area (Å²) in [6.45, 7) is 7.33. The average molecular weight is 246 g/mol. The molecule has 0 spiro atoms. The SMILES string of the molecule is CC(C)(C)C(=O)N1CC(CCN)c2ccccc21. The van der Waals surface area contributed by atoms with Crippen LogP contribution in [0.15, 0.2) is 24.3 Å². The van der Waals surface area contributed by atoms with Crippen LogP contribution in [-0.4, -0.2) is 19.0 Å². The number of para-hydroxylation sites is 1. The second kappa shape index (κ2) is 4.73. The number of nitrogens with zero attached hydrogens (tertiary/aromatic N) is 1. The first-order valence-electron chi connectivity index (χ1n) is 6.56. The van der Waals surface area contributed by atoms with Crippen LogP contribution in [0, 0.1) is 5.41 Å². The van der Waals surface area contributed by atoms with Crippen molar-refractivity contribution in [3.05, 3.63) is 29.8 Å². The van der Waals surface area contributed by atoms with Crippen LogP contribution in [0.2, 0.25) is 0 Å². The Morgan fingerprint density at radius 1 is 1.39 bits per heavy atom. The van der Waals surface area contributed by atoms with E-state index in [0.717, 1.165) is 18.7 Å². The zero-order valence-corrected chi connectivity index (χ0v) is 11.4. The van der Waals surface area contributed by atoms with E-state index in [9.17, 15) is 4.79 Å². The summed E-state index contributed by atoms with van der Waals surface area (Å²) >= 11 is 0. The summed E-state index contributed by atoms with van der Waals surface area (Å²) in [6, 6.07) is 8.18. The second-order valence-corrected chi connectivity index (χ2v) is 6.00. The van der Waals surface area contributed by atoms with Gasteiger partial charge in [0.25, 0.3) is 0 Å². The number of anilines is 1. The smallest absolute Gasteiger partial charge is 0.232 e. The largest absolute Gasteiger partial charge is 0.330 e. The number of hydrogen-bond acceptors (Lipinski definition) is 2. The monoisotopic (exact) mass is 246 g/mol. The van der Waals surface area contributed by atoms with Crippen molar-refractivity contribution in [2.75, 3.05) is 18.0 Å². The Morgan fingerprint density at radius 3 is 2.67 bits per heavy atom. The van der Waals surface area contributed by atoms with Gasteiger partial charge in [0.1, 0.15) is 0 Å². The number of fused-ring (bicyclic) bond motifs is 1. The molecule has 1 aliphatic rings. The van der Waals surface area contributed by atoms with Crippen LogP contribution in [0.25, 0.3) is 0 Å². The Balaban J connectivity index is 2.34. The average Bonchev–Trinajstić information content (AvgIpc) is 2.67. The predicted molar refractivity (Wildman–Crippen MR) is 74.7 cm³/mol. The number of hydrogen-bond donors (Lipinski definition) is 1. The van der Waals surface area contributed by atoms with Gasteiger partial charge >= 0.3 is 0 Å². The molecule has 18 heavy (non-hydrogen) atoms. The summed E-state index contributed by atoms with van der Waals surface area (Å²) in [5, 5.41) is 0. The van der Waals surface area contributed by atoms with E-state index in [4.69, 9.17) is 5.73 Å². The molecule has 0 bridgehead atoms. The first kappa shape index (κ1) is 13.1. The molecule has 3 nitrogen and oxygen atoms in total. The molecule has 0 saturated heterocycles. The molecule has 0 saturated carbocycles. The van der Waals surface area contributed by atoms with Gasteiger partial charge in [-0.05, 0) is 24.6 Å². The maximum absolute atomic E-state index is 12.5. The van der Waals surface area contributed by atoms with E-state index in [-0.39, 0.29) is 11.3 Å². The summed E-state index contributed by atoms with van der Waals surface area (Å²) in [5.74, 6) is 0.576. The lowest BCUT2D eigenvalue weighted by Gasteiger charge is -2.26. The van der Waals surface area contributed by atoms with Crippen molar-refractivity contribution in [2.24, 2.45) is 11.1 Å². The number of rotatable bonds is 2. The van der Waals surface area contributed by atoms with E-state index in [1.54, 1.807) is 0 Å². The van der Waals surface area contributed by atoms with Gasteiger partial charge < -0.3 is 10.6 Å². The quantitative estimate of drug-likeness (QED) is 0.871. The van der Waals surface area contributed by atoms with Gasteiger partial charge in [0.05, 0.1) is 0 Å². The van der Waals surface area contributed by atoms with E-state index >= 15 is 0 Å². The van der Waals surface area contributed by atoms with Gasteiger partial charge in [0.2, 0.25) is 5.91 Å². The molecule has 0 radical (unpaired) electrons. The van der Waals surface area contributed by atoms with Crippen molar-refractivity contribution >= 4 is 11.6 Å². The fraction of sp³-hybridized carbons (Fsp3) is 0.533. The minimum atomic E-state index is -0.343. The number of carbonyl (C=O) groups is 1. The second-order valence-electron chi connectivity index (χ2n) is 6.00. The zero-order valence-electron chi connectivity index (χ0n) is 11.4. The number of benzene rings is 1. The molecule has 1 aromatic rings. The highest BCUT2D eigenvalue weighted by Crippen LogP contribution is 2.39. The zero-order chi connectivity index (χ0) is 13.3. The highest BCUT2D eigenvalue weighted by molar-refractivity contribution is 5.99. The molecule has 1 atom stereocenters. The molecule has 1 heterocycles. The molecule has 1 unspecified atom stereocenters. The minimum Gasteiger partial charge on any atom is -0.330 e. The molecule has 0 aliphatic carbocycles. The van der Waals surface area contributed by atoms with Gasteiger partial charge in [-0.2, -0.15) is 0 Å². The normalized spacial score (nSPS) is 18.9. The third-order valence-electron chi connectivity index (χ3n) is 3.47. The van der Waals surface area contributed by atoms with E-state index in [1.165, 1.54) is 5.56 Å². The number of carbonyl (C=O) groups excluding carboxylic acids is 1. The summed E-state index contributed by atoms with van der Waals surface area (Å²) in [4.78, 5) is 14.4. The van der Waals surface area contributed by atoms with Gasteiger partial charge in [-0.3, -0.25) is 4.79 Å². The first-order valence-corrected chi connectivity index (χ1v) is 6.56. The molecular weight excluding hydrogens is 224 g/mol. The van der Waals surface area contributed by atoms with Gasteiger partial charge in [-0.1, -0.05) is 39.0 Å². The molecule has 98 valence electrons. The third-order valence-corrected chi connectivity index (χ3v) is 3.47. The standard InChI is InChI=1S/C15H22N2O/c1-15(2,3)14(18)17-10-11(8-9-16)12-6-4-5-7-13(12)17/h4-7,11H,8-10,16H2,1-3H3. The molecule has 0 aromatic heterocycles. The fourth-order valence-corrected chi connectivity index (χ4v) is 2.54. The van der Waals surface area contributed by atoms with E-state index in [0.29, 0.717) is 12.5 Å². The lowest BCUT2D eigenvalue weighted by molar-refractivity contribution is -0.125. The summed E-state index contributed by atoms with van der Waals surface area (Å²) in [6.07, 6.45) is 0.935. The summed E-state index contributed by atoms with van der Waals surface area (Å²) < 4.78 is 0. The van der Waals surface area contributed by atoms with E-state index < -0.39 is 0 Å². The predicted octanol–water partition coefficient (Wildman–Crippen LogP) is 2.51. The maximum Gasteiger partial charge on any atom is 0.232 e. The van der Waals surface area contributed by atoms with Crippen LogP contribution in [-0.2, 0) is 4.79 Å². The van der Waals surface area contributed by atoms with E-state index in [2.05, 4.69) is 6.07 Å². The van der Waals surface area contributed by atoms with Crippen LogP contribution in [0.4, 0.5) is 5.69 Å². The molecule has 1 amide bonds. The first-order chi connectivity index (χ1) is 8.45. The number of amides is 1. The Hall–Kier alpha value is -1.35. The van der Waals surface area contributed by atoms with Crippen molar-refractivity contribution in [3.8, 4) is 0 Å². The van der Waals surface area contributed by atoms with Crippen LogP contribution in [0.5, 0.6) is 0 Å².